The summed E-state index contributed by atoms with van der Waals surface area (Å²) < 4.78 is 24.6. The van der Waals surface area contributed by atoms with Crippen LogP contribution in [0.4, 0.5) is 0 Å². The number of nitrogens with one attached hydrogen (secondary N) is 1. The lowest BCUT2D eigenvalue weighted by atomic mass is 10.3. The number of carbonyl (C=O) groups excluding carboxylic acids is 1. The van der Waals surface area contributed by atoms with Crippen molar-refractivity contribution in [2.75, 3.05) is 0 Å². The van der Waals surface area contributed by atoms with Gasteiger partial charge in [0.05, 0.1) is 5.56 Å². The number of nitrogens with two attached hydrogens (primary N) is 1. The Labute approximate surface area is 108 Å². The Kier molecular flexibility index (Phi) is 3.17. The van der Waals surface area contributed by atoms with E-state index in [-0.39, 0.29) is 5.56 Å². The number of hydrogen-bond donors (Lipinski definition) is 2. The van der Waals surface area contributed by atoms with Gasteiger partial charge in [-0.2, -0.15) is 0 Å². The second kappa shape index (κ2) is 4.65. The van der Waals surface area contributed by atoms with Crippen molar-refractivity contribution in [3.8, 4) is 0 Å². The van der Waals surface area contributed by atoms with Gasteiger partial charge in [0.25, 0.3) is 11.5 Å². The number of amides is 1. The first-order chi connectivity index (χ1) is 8.94. The molecule has 2 heterocycles. The van der Waals surface area contributed by atoms with Crippen molar-refractivity contribution in [1.82, 2.24) is 9.97 Å². The second-order valence-electron chi connectivity index (χ2n) is 3.59. The molecule has 0 unspecified atom stereocenters. The number of rotatable bonds is 3. The molecule has 1 amide bonds. The van der Waals surface area contributed by atoms with Gasteiger partial charge in [-0.1, -0.05) is 0 Å². The number of hydrogen-bond acceptors (Lipinski definition) is 5. The van der Waals surface area contributed by atoms with E-state index in [1.54, 1.807) is 0 Å². The van der Waals surface area contributed by atoms with Crippen LogP contribution in [0.3, 0.4) is 0 Å². The van der Waals surface area contributed by atoms with Gasteiger partial charge < -0.3 is 10.7 Å². The van der Waals surface area contributed by atoms with Crippen molar-refractivity contribution in [3.63, 3.8) is 0 Å². The Morgan fingerprint density at radius 3 is 2.63 bits per heavy atom. The highest BCUT2D eigenvalue weighted by Crippen LogP contribution is 2.18. The van der Waals surface area contributed by atoms with Crippen molar-refractivity contribution < 1.29 is 13.2 Å². The minimum absolute atomic E-state index is 0.259. The number of primary amides is 1. The van der Waals surface area contributed by atoms with Gasteiger partial charge in [-0.15, -0.1) is 0 Å². The molecule has 7 nitrogen and oxygen atoms in total. The van der Waals surface area contributed by atoms with Crippen molar-refractivity contribution in [3.05, 3.63) is 52.6 Å². The molecule has 0 aliphatic heterocycles. The summed E-state index contributed by atoms with van der Waals surface area (Å²) >= 11 is 0. The average molecular weight is 279 g/mol. The molecule has 8 heteroatoms. The van der Waals surface area contributed by atoms with E-state index in [4.69, 9.17) is 5.73 Å². The Bertz CT molecular complexity index is 795. The molecule has 0 spiro atoms. The number of aromatic amines is 1. The molecule has 0 aromatic carbocycles. The van der Waals surface area contributed by atoms with E-state index in [0.717, 1.165) is 6.07 Å². The molecular weight excluding hydrogens is 270 g/mol. The van der Waals surface area contributed by atoms with Gasteiger partial charge in [0.2, 0.25) is 9.84 Å². The van der Waals surface area contributed by atoms with Gasteiger partial charge in [-0.25, -0.2) is 13.4 Å². The van der Waals surface area contributed by atoms with Crippen LogP contribution in [0.1, 0.15) is 10.4 Å². The third-order valence-corrected chi connectivity index (χ3v) is 4.10. The molecular formula is C11H9N3O4S. The van der Waals surface area contributed by atoms with E-state index in [0.29, 0.717) is 0 Å². The first-order valence-electron chi connectivity index (χ1n) is 5.12. The maximum atomic E-state index is 12.3. The van der Waals surface area contributed by atoms with Crippen LogP contribution in [0.25, 0.3) is 0 Å². The lowest BCUT2D eigenvalue weighted by molar-refractivity contribution is 0.0996. The van der Waals surface area contributed by atoms with Crippen molar-refractivity contribution >= 4 is 15.7 Å². The maximum Gasteiger partial charge on any atom is 0.267 e. The topological polar surface area (TPSA) is 123 Å². The third-order valence-electron chi connectivity index (χ3n) is 2.36. The summed E-state index contributed by atoms with van der Waals surface area (Å²) in [6.07, 6.45) is 2.51. The standard InChI is InChI=1S/C11H9N3O4S/c12-9(15)7-3-1-6-14-11(7)19(17,18)8-4-2-5-13-10(8)16/h1-6H,(H2,12,15)(H,13,16). The zero-order valence-corrected chi connectivity index (χ0v) is 10.3. The zero-order valence-electron chi connectivity index (χ0n) is 9.53. The molecule has 0 saturated heterocycles. The number of carbonyl (C=O) groups is 1. The number of pyridine rings is 2. The van der Waals surface area contributed by atoms with E-state index >= 15 is 0 Å². The molecule has 2 rings (SSSR count). The summed E-state index contributed by atoms with van der Waals surface area (Å²) in [5, 5.41) is -0.529. The average Bonchev–Trinajstić information content (AvgIpc) is 2.39. The molecule has 0 aliphatic carbocycles. The van der Waals surface area contributed by atoms with Crippen LogP contribution in [0.2, 0.25) is 0 Å². The van der Waals surface area contributed by atoms with E-state index < -0.39 is 31.2 Å². The highest BCUT2D eigenvalue weighted by Gasteiger charge is 2.27. The smallest absolute Gasteiger partial charge is 0.267 e. The molecule has 19 heavy (non-hydrogen) atoms. The fourth-order valence-corrected chi connectivity index (χ4v) is 2.94. The summed E-state index contributed by atoms with van der Waals surface area (Å²) in [4.78, 5) is 28.2. The Morgan fingerprint density at radius 1 is 1.26 bits per heavy atom. The van der Waals surface area contributed by atoms with Crippen molar-refractivity contribution in [2.24, 2.45) is 5.73 Å². The molecule has 0 saturated carbocycles. The van der Waals surface area contributed by atoms with Gasteiger partial charge >= 0.3 is 0 Å². The van der Waals surface area contributed by atoms with Gasteiger partial charge in [0.1, 0.15) is 4.90 Å². The lowest BCUT2D eigenvalue weighted by Crippen LogP contribution is -2.22. The Hall–Kier alpha value is -2.48. The highest BCUT2D eigenvalue weighted by atomic mass is 32.2. The summed E-state index contributed by atoms with van der Waals surface area (Å²) in [6, 6.07) is 5.11. The van der Waals surface area contributed by atoms with E-state index in [1.165, 1.54) is 30.6 Å². The van der Waals surface area contributed by atoms with E-state index in [2.05, 4.69) is 9.97 Å². The minimum Gasteiger partial charge on any atom is -0.366 e. The van der Waals surface area contributed by atoms with Crippen molar-refractivity contribution in [2.45, 2.75) is 9.92 Å². The summed E-state index contributed by atoms with van der Waals surface area (Å²) in [5.41, 5.74) is 4.05. The molecule has 0 aliphatic rings. The first kappa shape index (κ1) is 13.0. The van der Waals surface area contributed by atoms with Crippen LogP contribution in [0.5, 0.6) is 0 Å². The van der Waals surface area contributed by atoms with Crippen molar-refractivity contribution in [1.29, 1.82) is 0 Å². The Balaban J connectivity index is 2.75. The molecule has 3 N–H and O–H groups in total. The van der Waals surface area contributed by atoms with Gasteiger partial charge in [-0.3, -0.25) is 9.59 Å². The molecule has 2 aromatic heterocycles. The quantitative estimate of drug-likeness (QED) is 0.798. The van der Waals surface area contributed by atoms with Gasteiger partial charge in [-0.05, 0) is 24.3 Å². The summed E-state index contributed by atoms with van der Waals surface area (Å²) in [5.74, 6) is -0.931. The first-order valence-corrected chi connectivity index (χ1v) is 6.60. The predicted octanol–water partition coefficient (Wildman–Crippen LogP) is -0.298. The SMILES string of the molecule is NC(=O)c1cccnc1S(=O)(=O)c1ccc[nH]c1=O. The monoisotopic (exact) mass is 279 g/mol. The molecule has 0 bridgehead atoms. The van der Waals surface area contributed by atoms with E-state index in [1.807, 2.05) is 0 Å². The normalized spacial score (nSPS) is 11.2. The van der Waals surface area contributed by atoms with Crippen LogP contribution >= 0.6 is 0 Å². The van der Waals surface area contributed by atoms with Crippen LogP contribution in [0, 0.1) is 0 Å². The fraction of sp³-hybridized carbons (Fsp3) is 0. The maximum absolute atomic E-state index is 12.3. The number of H-pyrrole nitrogens is 1. The highest BCUT2D eigenvalue weighted by molar-refractivity contribution is 7.91. The molecule has 0 atom stereocenters. The van der Waals surface area contributed by atoms with E-state index in [9.17, 15) is 18.0 Å². The molecule has 0 radical (unpaired) electrons. The number of aromatic nitrogens is 2. The number of sulfone groups is 1. The molecule has 2 aromatic rings. The largest absolute Gasteiger partial charge is 0.366 e. The Morgan fingerprint density at radius 2 is 2.00 bits per heavy atom. The van der Waals surface area contributed by atoms with Crippen LogP contribution < -0.4 is 11.3 Å². The molecule has 98 valence electrons. The third kappa shape index (κ3) is 2.25. The minimum atomic E-state index is -4.20. The lowest BCUT2D eigenvalue weighted by Gasteiger charge is -2.05. The number of nitrogens with zero attached hydrogens (tertiary/aromatic N) is 1. The zero-order chi connectivity index (χ0) is 14.0. The fourth-order valence-electron chi connectivity index (χ4n) is 1.51. The summed E-state index contributed by atoms with van der Waals surface area (Å²) in [6.45, 7) is 0. The van der Waals surface area contributed by atoms with Gasteiger partial charge in [0, 0.05) is 12.4 Å². The van der Waals surface area contributed by atoms with Crippen LogP contribution in [0.15, 0.2) is 51.4 Å². The van der Waals surface area contributed by atoms with Crippen LogP contribution in [-0.2, 0) is 9.84 Å². The van der Waals surface area contributed by atoms with Gasteiger partial charge in [0.15, 0.2) is 5.03 Å². The molecule has 0 fully saturated rings. The van der Waals surface area contributed by atoms with Crippen LogP contribution in [-0.4, -0.2) is 24.3 Å². The predicted molar refractivity (Wildman–Crippen MR) is 65.3 cm³/mol. The summed E-state index contributed by atoms with van der Waals surface area (Å²) in [7, 11) is -4.20. The second-order valence-corrected chi connectivity index (χ2v) is 5.42.